The number of sulfonamides is 1. The monoisotopic (exact) mass is 407 g/mol. The smallest absolute Gasteiger partial charge is 0.256 e. The van der Waals surface area contributed by atoms with E-state index in [0.29, 0.717) is 29.6 Å². The number of nitrogens with one attached hydrogen (secondary N) is 1. The van der Waals surface area contributed by atoms with E-state index in [2.05, 4.69) is 5.32 Å². The van der Waals surface area contributed by atoms with Gasteiger partial charge in [-0.25, -0.2) is 8.42 Å². The maximum absolute atomic E-state index is 12.8. The minimum atomic E-state index is -3.56. The summed E-state index contributed by atoms with van der Waals surface area (Å²) in [5.74, 6) is -0.719. The molecule has 2 heterocycles. The van der Waals surface area contributed by atoms with Crippen molar-refractivity contribution in [3.05, 3.63) is 46.8 Å². The molecule has 1 saturated heterocycles. The molecule has 1 fully saturated rings. The number of carbonyl (C=O) groups excluding carboxylic acids is 2. The Hall–Kier alpha value is -2.23. The highest BCUT2D eigenvalue weighted by Crippen LogP contribution is 2.25. The van der Waals surface area contributed by atoms with Crippen LogP contribution in [0.1, 0.15) is 40.5 Å². The van der Waals surface area contributed by atoms with Crippen molar-refractivity contribution in [2.75, 3.05) is 18.4 Å². The first-order valence-corrected chi connectivity index (χ1v) is 10.9. The van der Waals surface area contributed by atoms with Crippen LogP contribution in [0.25, 0.3) is 0 Å². The van der Waals surface area contributed by atoms with Gasteiger partial charge in [-0.1, -0.05) is 6.92 Å². The molecule has 9 heteroatoms. The van der Waals surface area contributed by atoms with E-state index in [9.17, 15) is 18.0 Å². The van der Waals surface area contributed by atoms with Crippen molar-refractivity contribution in [1.82, 2.24) is 4.31 Å². The maximum Gasteiger partial charge on any atom is 0.256 e. The highest BCUT2D eigenvalue weighted by atomic mass is 32.2. The molecule has 0 spiro atoms. The Labute approximate surface area is 162 Å². The highest BCUT2D eigenvalue weighted by Gasteiger charge is 2.28. The lowest BCUT2D eigenvalue weighted by molar-refractivity contribution is 0.100. The molecule has 7 nitrogen and oxygen atoms in total. The lowest BCUT2D eigenvalue weighted by Crippen LogP contribution is -2.39. The third-order valence-corrected chi connectivity index (χ3v) is 7.24. The fourth-order valence-corrected chi connectivity index (χ4v) is 5.45. The van der Waals surface area contributed by atoms with Crippen molar-refractivity contribution < 1.29 is 18.0 Å². The largest absolute Gasteiger partial charge is 0.366 e. The standard InChI is InChI=1S/C18H21N3O4S2/c1-12-3-2-9-21(11-12)27(24,25)14-6-4-13(5-7-14)17(23)20-18-15(16(19)22)8-10-26-18/h4-8,10,12H,2-3,9,11H2,1H3,(H2,19,22)(H,20,23)/t12-/m1/s1. The molecular weight excluding hydrogens is 386 g/mol. The van der Waals surface area contributed by atoms with E-state index in [1.165, 1.54) is 46.0 Å². The molecule has 1 aliphatic rings. The van der Waals surface area contributed by atoms with Crippen LogP contribution >= 0.6 is 11.3 Å². The molecule has 0 bridgehead atoms. The molecule has 2 amide bonds. The van der Waals surface area contributed by atoms with Gasteiger partial charge in [0.1, 0.15) is 5.00 Å². The molecule has 1 aromatic carbocycles. The number of hydrogen-bond acceptors (Lipinski definition) is 5. The van der Waals surface area contributed by atoms with Gasteiger partial charge in [-0.3, -0.25) is 9.59 Å². The summed E-state index contributed by atoms with van der Waals surface area (Å²) in [4.78, 5) is 23.9. The number of primary amides is 1. The Morgan fingerprint density at radius 1 is 1.22 bits per heavy atom. The van der Waals surface area contributed by atoms with Crippen molar-refractivity contribution in [2.24, 2.45) is 11.7 Å². The van der Waals surface area contributed by atoms with Crippen LogP contribution in [0.15, 0.2) is 40.6 Å². The summed E-state index contributed by atoms with van der Waals surface area (Å²) in [6, 6.07) is 7.35. The maximum atomic E-state index is 12.8. The molecule has 3 N–H and O–H groups in total. The predicted octanol–water partition coefficient (Wildman–Crippen LogP) is 2.52. The van der Waals surface area contributed by atoms with Gasteiger partial charge in [-0.15, -0.1) is 11.3 Å². The first-order chi connectivity index (χ1) is 12.8. The van der Waals surface area contributed by atoms with Gasteiger partial charge in [-0.2, -0.15) is 4.31 Å². The highest BCUT2D eigenvalue weighted by molar-refractivity contribution is 7.89. The zero-order valence-corrected chi connectivity index (χ0v) is 16.5. The Morgan fingerprint density at radius 3 is 2.56 bits per heavy atom. The molecule has 1 aliphatic heterocycles. The zero-order chi connectivity index (χ0) is 19.6. The first kappa shape index (κ1) is 19.5. The quantitative estimate of drug-likeness (QED) is 0.793. The van der Waals surface area contributed by atoms with Crippen LogP contribution in [0.4, 0.5) is 5.00 Å². The van der Waals surface area contributed by atoms with Crippen LogP contribution in [-0.4, -0.2) is 37.6 Å². The summed E-state index contributed by atoms with van der Waals surface area (Å²) in [6.45, 7) is 3.07. The second-order valence-corrected chi connectivity index (χ2v) is 9.47. The number of carbonyl (C=O) groups is 2. The van der Waals surface area contributed by atoms with Crippen molar-refractivity contribution in [2.45, 2.75) is 24.7 Å². The molecular formula is C18H21N3O4S2. The average Bonchev–Trinajstić information content (AvgIpc) is 3.10. The molecule has 0 unspecified atom stereocenters. The average molecular weight is 408 g/mol. The van der Waals surface area contributed by atoms with E-state index >= 15 is 0 Å². The van der Waals surface area contributed by atoms with Crippen molar-refractivity contribution in [3.8, 4) is 0 Å². The minimum Gasteiger partial charge on any atom is -0.366 e. The Bertz CT molecular complexity index is 951. The van der Waals surface area contributed by atoms with E-state index < -0.39 is 21.8 Å². The Balaban J connectivity index is 1.75. The fourth-order valence-electron chi connectivity index (χ4n) is 3.07. The van der Waals surface area contributed by atoms with Crippen LogP contribution in [0.3, 0.4) is 0 Å². The molecule has 0 aliphatic carbocycles. The van der Waals surface area contributed by atoms with Gasteiger partial charge in [0.2, 0.25) is 10.0 Å². The summed E-state index contributed by atoms with van der Waals surface area (Å²) < 4.78 is 27.0. The minimum absolute atomic E-state index is 0.169. The number of thiophene rings is 1. The van der Waals surface area contributed by atoms with Crippen LogP contribution in [0.5, 0.6) is 0 Å². The number of amides is 2. The molecule has 3 rings (SSSR count). The number of nitrogens with two attached hydrogens (primary N) is 1. The van der Waals surface area contributed by atoms with Crippen molar-refractivity contribution in [3.63, 3.8) is 0 Å². The predicted molar refractivity (Wildman–Crippen MR) is 104 cm³/mol. The summed E-state index contributed by atoms with van der Waals surface area (Å²) in [6.07, 6.45) is 1.88. The third-order valence-electron chi connectivity index (χ3n) is 4.53. The number of nitrogens with zero attached hydrogens (tertiary/aromatic N) is 1. The van der Waals surface area contributed by atoms with Gasteiger partial charge in [-0.05, 0) is 54.5 Å². The molecule has 1 atom stereocenters. The van der Waals surface area contributed by atoms with E-state index in [0.717, 1.165) is 12.8 Å². The molecule has 0 radical (unpaired) electrons. The second kappa shape index (κ2) is 7.79. The normalized spacial score (nSPS) is 18.2. The van der Waals surface area contributed by atoms with Gasteiger partial charge in [0.25, 0.3) is 11.8 Å². The van der Waals surface area contributed by atoms with Crippen LogP contribution in [0.2, 0.25) is 0 Å². The molecule has 144 valence electrons. The lowest BCUT2D eigenvalue weighted by Gasteiger charge is -2.30. The topological polar surface area (TPSA) is 110 Å². The molecule has 1 aromatic heterocycles. The summed E-state index contributed by atoms with van der Waals surface area (Å²) in [5, 5.41) is 4.66. The number of benzene rings is 1. The SMILES string of the molecule is C[C@@H]1CCCN(S(=O)(=O)c2ccc(C(=O)Nc3sccc3C(N)=O)cc2)C1. The number of rotatable bonds is 5. The summed E-state index contributed by atoms with van der Waals surface area (Å²) in [5.41, 5.74) is 5.81. The lowest BCUT2D eigenvalue weighted by atomic mass is 10.0. The fraction of sp³-hybridized carbons (Fsp3) is 0.333. The van der Waals surface area contributed by atoms with Gasteiger partial charge >= 0.3 is 0 Å². The van der Waals surface area contributed by atoms with E-state index in [1.807, 2.05) is 6.92 Å². The first-order valence-electron chi connectivity index (χ1n) is 8.58. The summed E-state index contributed by atoms with van der Waals surface area (Å²) in [7, 11) is -3.56. The Morgan fingerprint density at radius 2 is 1.93 bits per heavy atom. The van der Waals surface area contributed by atoms with Gasteiger partial charge in [0.15, 0.2) is 0 Å². The van der Waals surface area contributed by atoms with E-state index in [4.69, 9.17) is 5.73 Å². The van der Waals surface area contributed by atoms with Gasteiger partial charge in [0, 0.05) is 18.7 Å². The number of piperidine rings is 1. The van der Waals surface area contributed by atoms with Crippen LogP contribution < -0.4 is 11.1 Å². The Kier molecular flexibility index (Phi) is 5.64. The van der Waals surface area contributed by atoms with E-state index in [1.54, 1.807) is 5.38 Å². The number of anilines is 1. The third kappa shape index (κ3) is 4.20. The molecule has 27 heavy (non-hydrogen) atoms. The van der Waals surface area contributed by atoms with Crippen molar-refractivity contribution >= 4 is 38.2 Å². The zero-order valence-electron chi connectivity index (χ0n) is 14.8. The van der Waals surface area contributed by atoms with Crippen LogP contribution in [0, 0.1) is 5.92 Å². The van der Waals surface area contributed by atoms with Crippen LogP contribution in [-0.2, 0) is 10.0 Å². The van der Waals surface area contributed by atoms with E-state index in [-0.39, 0.29) is 10.5 Å². The molecule has 0 saturated carbocycles. The van der Waals surface area contributed by atoms with Gasteiger partial charge < -0.3 is 11.1 Å². The van der Waals surface area contributed by atoms with Crippen molar-refractivity contribution in [1.29, 1.82) is 0 Å². The summed E-state index contributed by atoms with van der Waals surface area (Å²) >= 11 is 1.19. The van der Waals surface area contributed by atoms with Gasteiger partial charge in [0.05, 0.1) is 10.5 Å². The number of hydrogen-bond donors (Lipinski definition) is 2. The molecule has 2 aromatic rings. The second-order valence-electron chi connectivity index (χ2n) is 6.62.